The Morgan fingerprint density at radius 3 is 2.80 bits per heavy atom. The van der Waals surface area contributed by atoms with Crippen LogP contribution in [0.15, 0.2) is 35.4 Å². The zero-order chi connectivity index (χ0) is 20.7. The highest BCUT2D eigenvalue weighted by atomic mass is 16.6. The number of pyridine rings is 1. The summed E-state index contributed by atoms with van der Waals surface area (Å²) in [5.41, 5.74) is 2.90. The third-order valence-corrected chi connectivity index (χ3v) is 5.66. The van der Waals surface area contributed by atoms with E-state index in [1.165, 1.54) is 10.9 Å². The van der Waals surface area contributed by atoms with Gasteiger partial charge in [0.05, 0.1) is 5.39 Å². The third-order valence-electron chi connectivity index (χ3n) is 5.66. The molecule has 0 saturated carbocycles. The van der Waals surface area contributed by atoms with Crippen molar-refractivity contribution in [3.63, 3.8) is 0 Å². The molecule has 3 aromatic rings. The van der Waals surface area contributed by atoms with Gasteiger partial charge in [-0.3, -0.25) is 14.2 Å². The molecular formula is C22H22N4O4. The Bertz CT molecular complexity index is 1200. The number of rotatable bonds is 3. The minimum atomic E-state index is -0.737. The summed E-state index contributed by atoms with van der Waals surface area (Å²) in [6.45, 7) is 2.65. The molecule has 1 aromatic carbocycles. The van der Waals surface area contributed by atoms with Gasteiger partial charge in [-0.2, -0.15) is 0 Å². The predicted octanol–water partition coefficient (Wildman–Crippen LogP) is 2.64. The number of nitrogens with zero attached hydrogens (tertiary/aromatic N) is 3. The Kier molecular flexibility index (Phi) is 4.61. The van der Waals surface area contributed by atoms with Gasteiger partial charge in [0.25, 0.3) is 5.56 Å². The standard InChI is InChI=1S/C22H22N4O4/c1-13(21(27)24-15-6-7-18-19(11-15)30-9-8-29-18)26-12-23-20-16(22(26)28)10-14-4-2-3-5-17(14)25-20/h6-7,10-13H,2-5,8-9H2,1H3,(H,24,27). The summed E-state index contributed by atoms with van der Waals surface area (Å²) < 4.78 is 12.4. The van der Waals surface area contributed by atoms with Gasteiger partial charge in [-0.25, -0.2) is 9.97 Å². The fraction of sp³-hybridized carbons (Fsp3) is 0.364. The first-order valence-electron chi connectivity index (χ1n) is 10.2. The molecule has 1 atom stereocenters. The Balaban J connectivity index is 1.42. The molecule has 1 N–H and O–H groups in total. The summed E-state index contributed by atoms with van der Waals surface area (Å²) in [5.74, 6) is 0.922. The van der Waals surface area contributed by atoms with E-state index in [1.807, 2.05) is 6.07 Å². The lowest BCUT2D eigenvalue weighted by Crippen LogP contribution is -2.32. The molecule has 8 heteroatoms. The first-order valence-corrected chi connectivity index (χ1v) is 10.2. The smallest absolute Gasteiger partial charge is 0.263 e. The second-order valence-corrected chi connectivity index (χ2v) is 7.65. The van der Waals surface area contributed by atoms with E-state index < -0.39 is 6.04 Å². The van der Waals surface area contributed by atoms with Gasteiger partial charge in [0, 0.05) is 17.4 Å². The Morgan fingerprint density at radius 2 is 1.93 bits per heavy atom. The van der Waals surface area contributed by atoms with Crippen LogP contribution in [-0.4, -0.2) is 33.7 Å². The number of aromatic nitrogens is 3. The molecule has 2 aromatic heterocycles. The Labute approximate surface area is 172 Å². The normalized spacial score (nSPS) is 16.0. The molecular weight excluding hydrogens is 384 g/mol. The SMILES string of the molecule is CC(C(=O)Nc1ccc2c(c1)OCCO2)n1cnc2nc3c(cc2c1=O)CCCC3. The summed E-state index contributed by atoms with van der Waals surface area (Å²) >= 11 is 0. The average Bonchev–Trinajstić information content (AvgIpc) is 2.78. The van der Waals surface area contributed by atoms with Crippen LogP contribution in [0.3, 0.4) is 0 Å². The van der Waals surface area contributed by atoms with E-state index in [-0.39, 0.29) is 11.5 Å². The largest absolute Gasteiger partial charge is 0.486 e. The molecule has 30 heavy (non-hydrogen) atoms. The lowest BCUT2D eigenvalue weighted by molar-refractivity contribution is -0.118. The van der Waals surface area contributed by atoms with E-state index in [0.717, 1.165) is 36.9 Å². The van der Waals surface area contributed by atoms with Crippen molar-refractivity contribution in [2.75, 3.05) is 18.5 Å². The second-order valence-electron chi connectivity index (χ2n) is 7.65. The van der Waals surface area contributed by atoms with Crippen molar-refractivity contribution in [1.82, 2.24) is 14.5 Å². The van der Waals surface area contributed by atoms with Crippen molar-refractivity contribution in [2.45, 2.75) is 38.6 Å². The summed E-state index contributed by atoms with van der Waals surface area (Å²) in [5, 5.41) is 3.29. The van der Waals surface area contributed by atoms with Crippen LogP contribution in [0.4, 0.5) is 5.69 Å². The lowest BCUT2D eigenvalue weighted by atomic mass is 9.95. The highest BCUT2D eigenvalue weighted by Gasteiger charge is 2.21. The maximum Gasteiger partial charge on any atom is 0.263 e. The number of ether oxygens (including phenoxy) is 2. The number of benzene rings is 1. The number of nitrogens with one attached hydrogen (secondary N) is 1. The molecule has 0 bridgehead atoms. The molecule has 1 amide bonds. The first-order chi connectivity index (χ1) is 14.6. The number of amides is 1. The monoisotopic (exact) mass is 406 g/mol. The van der Waals surface area contributed by atoms with Crippen molar-refractivity contribution in [3.8, 4) is 11.5 Å². The van der Waals surface area contributed by atoms with Gasteiger partial charge < -0.3 is 14.8 Å². The molecule has 2 aliphatic rings. The minimum Gasteiger partial charge on any atom is -0.486 e. The van der Waals surface area contributed by atoms with E-state index in [2.05, 4.69) is 15.3 Å². The molecule has 0 saturated heterocycles. The van der Waals surface area contributed by atoms with Gasteiger partial charge in [0.1, 0.15) is 25.6 Å². The van der Waals surface area contributed by atoms with E-state index >= 15 is 0 Å². The molecule has 3 heterocycles. The Hall–Kier alpha value is -3.42. The number of fused-ring (bicyclic) bond motifs is 3. The van der Waals surface area contributed by atoms with Crippen LogP contribution >= 0.6 is 0 Å². The minimum absolute atomic E-state index is 0.259. The van der Waals surface area contributed by atoms with Gasteiger partial charge in [-0.15, -0.1) is 0 Å². The topological polar surface area (TPSA) is 95.3 Å². The number of hydrogen-bond donors (Lipinski definition) is 1. The van der Waals surface area contributed by atoms with E-state index in [4.69, 9.17) is 9.47 Å². The third kappa shape index (κ3) is 3.28. The molecule has 1 aliphatic carbocycles. The van der Waals surface area contributed by atoms with Crippen molar-refractivity contribution in [3.05, 3.63) is 52.2 Å². The summed E-state index contributed by atoms with van der Waals surface area (Å²) in [6, 6.07) is 6.38. The van der Waals surface area contributed by atoms with Crippen LogP contribution in [0.25, 0.3) is 11.0 Å². The molecule has 8 nitrogen and oxygen atoms in total. The van der Waals surface area contributed by atoms with Crippen LogP contribution in [0, 0.1) is 0 Å². The molecule has 0 fully saturated rings. The zero-order valence-corrected chi connectivity index (χ0v) is 16.7. The van der Waals surface area contributed by atoms with Crippen LogP contribution in [0.5, 0.6) is 11.5 Å². The van der Waals surface area contributed by atoms with Gasteiger partial charge in [-0.1, -0.05) is 0 Å². The van der Waals surface area contributed by atoms with Gasteiger partial charge in [0.2, 0.25) is 5.91 Å². The lowest BCUT2D eigenvalue weighted by Gasteiger charge is -2.20. The van der Waals surface area contributed by atoms with Crippen molar-refractivity contribution >= 4 is 22.6 Å². The summed E-state index contributed by atoms with van der Waals surface area (Å²) in [7, 11) is 0. The number of aryl methyl sites for hydroxylation is 2. The molecule has 0 spiro atoms. The first kappa shape index (κ1) is 18.6. The van der Waals surface area contributed by atoms with Crippen molar-refractivity contribution < 1.29 is 14.3 Å². The van der Waals surface area contributed by atoms with Gasteiger partial charge >= 0.3 is 0 Å². The van der Waals surface area contributed by atoms with Crippen LogP contribution < -0.4 is 20.3 Å². The average molecular weight is 406 g/mol. The quantitative estimate of drug-likeness (QED) is 0.719. The fourth-order valence-electron chi connectivity index (χ4n) is 3.96. The van der Waals surface area contributed by atoms with Gasteiger partial charge in [0.15, 0.2) is 17.1 Å². The molecule has 154 valence electrons. The highest BCUT2D eigenvalue weighted by molar-refractivity contribution is 5.94. The maximum atomic E-state index is 13.1. The van der Waals surface area contributed by atoms with E-state index in [1.54, 1.807) is 25.1 Å². The second kappa shape index (κ2) is 7.44. The van der Waals surface area contributed by atoms with Crippen molar-refractivity contribution in [1.29, 1.82) is 0 Å². The molecule has 1 aliphatic heterocycles. The Morgan fingerprint density at radius 1 is 1.13 bits per heavy atom. The maximum absolute atomic E-state index is 13.1. The van der Waals surface area contributed by atoms with E-state index in [9.17, 15) is 9.59 Å². The van der Waals surface area contributed by atoms with Crippen molar-refractivity contribution in [2.24, 2.45) is 0 Å². The van der Waals surface area contributed by atoms with Gasteiger partial charge in [-0.05, 0) is 56.4 Å². The molecule has 5 rings (SSSR count). The molecule has 0 radical (unpaired) electrons. The van der Waals surface area contributed by atoms with E-state index in [0.29, 0.717) is 41.4 Å². The van der Waals surface area contributed by atoms with Crippen LogP contribution in [0.1, 0.15) is 37.1 Å². The summed E-state index contributed by atoms with van der Waals surface area (Å²) in [4.78, 5) is 34.8. The number of hydrogen-bond acceptors (Lipinski definition) is 6. The predicted molar refractivity (Wildman–Crippen MR) is 111 cm³/mol. The number of carbonyl (C=O) groups is 1. The number of anilines is 1. The fourth-order valence-corrected chi connectivity index (χ4v) is 3.96. The molecule has 1 unspecified atom stereocenters. The number of carbonyl (C=O) groups excluding carboxylic acids is 1. The van der Waals surface area contributed by atoms with Crippen LogP contribution in [-0.2, 0) is 17.6 Å². The highest BCUT2D eigenvalue weighted by Crippen LogP contribution is 2.32. The summed E-state index contributed by atoms with van der Waals surface area (Å²) in [6.07, 6.45) is 5.46. The van der Waals surface area contributed by atoms with Crippen LogP contribution in [0.2, 0.25) is 0 Å². The zero-order valence-electron chi connectivity index (χ0n) is 16.7.